The molecule has 132 valence electrons. The largest absolute Gasteiger partial charge is 0.444 e. The Morgan fingerprint density at radius 2 is 2.04 bits per heavy atom. The topological polar surface area (TPSA) is 58.6 Å². The van der Waals surface area contributed by atoms with Gasteiger partial charge >= 0.3 is 6.09 Å². The van der Waals surface area contributed by atoms with Crippen LogP contribution in [0, 0.1) is 0 Å². The van der Waals surface area contributed by atoms with Gasteiger partial charge in [-0.05, 0) is 68.9 Å². The average molecular weight is 340 g/mol. The van der Waals surface area contributed by atoms with Gasteiger partial charge < -0.3 is 15.0 Å². The van der Waals surface area contributed by atoms with Gasteiger partial charge in [-0.25, -0.2) is 4.79 Å². The van der Waals surface area contributed by atoms with E-state index in [4.69, 9.17) is 4.74 Å². The van der Waals surface area contributed by atoms with E-state index in [0.29, 0.717) is 13.1 Å². The molecule has 1 aromatic rings. The standard InChI is InChI=1S/C20H24N2O3/c1-19(2,3)25-18(24)22-10-6-13(7-11-22)14-4-5-16-15(12-14)20(8-9-20)17(23)21-16/h4-6,12H,7-11H2,1-3H3,(H,21,23). The Balaban J connectivity index is 1.51. The summed E-state index contributed by atoms with van der Waals surface area (Å²) >= 11 is 0. The van der Waals surface area contributed by atoms with E-state index < -0.39 is 5.60 Å². The molecule has 2 aliphatic heterocycles. The fourth-order valence-corrected chi connectivity index (χ4v) is 3.66. The number of carbonyl (C=O) groups excluding carboxylic acids is 2. The first-order chi connectivity index (χ1) is 11.8. The van der Waals surface area contributed by atoms with Crippen molar-refractivity contribution in [3.8, 4) is 0 Å². The zero-order valence-corrected chi connectivity index (χ0v) is 15.0. The number of amides is 2. The van der Waals surface area contributed by atoms with Gasteiger partial charge in [-0.3, -0.25) is 4.79 Å². The van der Waals surface area contributed by atoms with E-state index in [1.807, 2.05) is 26.8 Å². The summed E-state index contributed by atoms with van der Waals surface area (Å²) in [5.41, 5.74) is 3.76. The van der Waals surface area contributed by atoms with Crippen LogP contribution in [-0.4, -0.2) is 35.6 Å². The van der Waals surface area contributed by atoms with E-state index in [-0.39, 0.29) is 17.4 Å². The highest BCUT2D eigenvalue weighted by molar-refractivity contribution is 6.08. The predicted molar refractivity (Wildman–Crippen MR) is 96.4 cm³/mol. The zero-order valence-electron chi connectivity index (χ0n) is 15.0. The summed E-state index contributed by atoms with van der Waals surface area (Å²) in [5.74, 6) is 0.147. The number of ether oxygens (including phenoxy) is 1. The normalized spacial score (nSPS) is 20.8. The maximum atomic E-state index is 12.2. The van der Waals surface area contributed by atoms with E-state index in [1.165, 1.54) is 5.57 Å². The van der Waals surface area contributed by atoms with Crippen molar-refractivity contribution in [3.63, 3.8) is 0 Å². The fraction of sp³-hybridized carbons (Fsp3) is 0.500. The third-order valence-corrected chi connectivity index (χ3v) is 5.20. The summed E-state index contributed by atoms with van der Waals surface area (Å²) in [5, 5.41) is 3.00. The molecule has 0 atom stereocenters. The molecule has 1 aliphatic carbocycles. The van der Waals surface area contributed by atoms with Crippen LogP contribution in [-0.2, 0) is 14.9 Å². The summed E-state index contributed by atoms with van der Waals surface area (Å²) < 4.78 is 5.44. The van der Waals surface area contributed by atoms with Crippen LogP contribution >= 0.6 is 0 Å². The predicted octanol–water partition coefficient (Wildman–Crippen LogP) is 3.69. The van der Waals surface area contributed by atoms with Gasteiger partial charge in [0.1, 0.15) is 5.60 Å². The molecule has 5 nitrogen and oxygen atoms in total. The van der Waals surface area contributed by atoms with E-state index in [2.05, 4.69) is 23.5 Å². The minimum atomic E-state index is -0.473. The lowest BCUT2D eigenvalue weighted by Gasteiger charge is -2.29. The molecule has 2 amide bonds. The van der Waals surface area contributed by atoms with E-state index in [1.54, 1.807) is 4.90 Å². The maximum Gasteiger partial charge on any atom is 0.410 e. The Hall–Kier alpha value is -2.30. The smallest absolute Gasteiger partial charge is 0.410 e. The molecule has 0 aromatic heterocycles. The summed E-state index contributed by atoms with van der Waals surface area (Å²) in [6.45, 7) is 6.85. The first kappa shape index (κ1) is 16.2. The van der Waals surface area contributed by atoms with E-state index in [0.717, 1.165) is 36.1 Å². The zero-order chi connectivity index (χ0) is 17.8. The van der Waals surface area contributed by atoms with Crippen LogP contribution in [0.5, 0.6) is 0 Å². The maximum absolute atomic E-state index is 12.2. The number of nitrogens with zero attached hydrogens (tertiary/aromatic N) is 1. The van der Waals surface area contributed by atoms with Crippen LogP contribution in [0.15, 0.2) is 24.3 Å². The molecular formula is C20H24N2O3. The molecule has 4 rings (SSSR count). The van der Waals surface area contributed by atoms with Crippen molar-refractivity contribution in [1.82, 2.24) is 4.90 Å². The monoisotopic (exact) mass is 340 g/mol. The fourth-order valence-electron chi connectivity index (χ4n) is 3.66. The molecule has 3 aliphatic rings. The number of carbonyl (C=O) groups is 2. The van der Waals surface area contributed by atoms with Gasteiger partial charge in [-0.15, -0.1) is 0 Å². The van der Waals surface area contributed by atoms with Gasteiger partial charge in [-0.2, -0.15) is 0 Å². The van der Waals surface area contributed by atoms with E-state index >= 15 is 0 Å². The molecule has 0 unspecified atom stereocenters. The van der Waals surface area contributed by atoms with Crippen LogP contribution in [0.1, 0.15) is 51.2 Å². The Morgan fingerprint density at radius 3 is 2.64 bits per heavy atom. The summed E-state index contributed by atoms with van der Waals surface area (Å²) in [7, 11) is 0. The number of nitrogens with one attached hydrogen (secondary N) is 1. The Kier molecular flexibility index (Phi) is 3.46. The SMILES string of the molecule is CC(C)(C)OC(=O)N1CC=C(c2ccc3c(c2)C2(CC2)C(=O)N3)CC1. The summed E-state index contributed by atoms with van der Waals surface area (Å²) in [6, 6.07) is 6.24. The number of fused-ring (bicyclic) bond motifs is 2. The molecule has 25 heavy (non-hydrogen) atoms. The van der Waals surface area contributed by atoms with Gasteiger partial charge in [-0.1, -0.05) is 12.1 Å². The average Bonchev–Trinajstić information content (AvgIpc) is 3.30. The summed E-state index contributed by atoms with van der Waals surface area (Å²) in [4.78, 5) is 26.1. The van der Waals surface area contributed by atoms with Crippen LogP contribution in [0.4, 0.5) is 10.5 Å². The van der Waals surface area contributed by atoms with Crippen molar-refractivity contribution in [2.75, 3.05) is 18.4 Å². The first-order valence-electron chi connectivity index (χ1n) is 8.92. The van der Waals surface area contributed by atoms with Crippen molar-refractivity contribution in [3.05, 3.63) is 35.4 Å². The highest BCUT2D eigenvalue weighted by Crippen LogP contribution is 2.55. The quantitative estimate of drug-likeness (QED) is 0.848. The van der Waals surface area contributed by atoms with Crippen molar-refractivity contribution in [2.45, 2.75) is 51.0 Å². The molecule has 1 saturated carbocycles. The van der Waals surface area contributed by atoms with Crippen LogP contribution in [0.25, 0.3) is 5.57 Å². The van der Waals surface area contributed by atoms with E-state index in [9.17, 15) is 9.59 Å². The lowest BCUT2D eigenvalue weighted by Crippen LogP contribution is -2.39. The number of benzene rings is 1. The molecule has 2 heterocycles. The minimum absolute atomic E-state index is 0.147. The van der Waals surface area contributed by atoms with Crippen molar-refractivity contribution in [2.24, 2.45) is 0 Å². The van der Waals surface area contributed by atoms with Crippen LogP contribution < -0.4 is 5.32 Å². The molecule has 0 saturated heterocycles. The van der Waals surface area contributed by atoms with Crippen molar-refractivity contribution < 1.29 is 14.3 Å². The Labute approximate surface area is 148 Å². The molecule has 5 heteroatoms. The second kappa shape index (κ2) is 5.35. The van der Waals surface area contributed by atoms with Gasteiger partial charge in [0.05, 0.1) is 5.41 Å². The molecule has 1 fully saturated rings. The second-order valence-electron chi connectivity index (χ2n) is 8.20. The van der Waals surface area contributed by atoms with Crippen molar-refractivity contribution in [1.29, 1.82) is 0 Å². The summed E-state index contributed by atoms with van der Waals surface area (Å²) in [6.07, 6.45) is 4.52. The van der Waals surface area contributed by atoms with Gasteiger partial charge in [0.15, 0.2) is 0 Å². The van der Waals surface area contributed by atoms with Gasteiger partial charge in [0.25, 0.3) is 0 Å². The highest BCUT2D eigenvalue weighted by atomic mass is 16.6. The highest BCUT2D eigenvalue weighted by Gasteiger charge is 2.56. The minimum Gasteiger partial charge on any atom is -0.444 e. The number of rotatable bonds is 1. The van der Waals surface area contributed by atoms with Gasteiger partial charge in [0.2, 0.25) is 5.91 Å². The number of anilines is 1. The molecule has 0 radical (unpaired) electrons. The van der Waals surface area contributed by atoms with Crippen molar-refractivity contribution >= 4 is 23.3 Å². The first-order valence-corrected chi connectivity index (χ1v) is 8.92. The van der Waals surface area contributed by atoms with Gasteiger partial charge in [0, 0.05) is 18.8 Å². The second-order valence-corrected chi connectivity index (χ2v) is 8.20. The molecule has 1 spiro atoms. The van der Waals surface area contributed by atoms with Crippen LogP contribution in [0.3, 0.4) is 0 Å². The Bertz CT molecular complexity index is 785. The third-order valence-electron chi connectivity index (χ3n) is 5.20. The lowest BCUT2D eigenvalue weighted by molar-refractivity contribution is -0.117. The third kappa shape index (κ3) is 2.81. The lowest BCUT2D eigenvalue weighted by atomic mass is 9.92. The molecule has 0 bridgehead atoms. The number of hydrogen-bond donors (Lipinski definition) is 1. The number of hydrogen-bond acceptors (Lipinski definition) is 3. The molecular weight excluding hydrogens is 316 g/mol. The molecule has 1 N–H and O–H groups in total. The van der Waals surface area contributed by atoms with Crippen LogP contribution in [0.2, 0.25) is 0 Å². The molecule has 1 aromatic carbocycles. The Morgan fingerprint density at radius 1 is 1.28 bits per heavy atom.